The lowest BCUT2D eigenvalue weighted by Crippen LogP contribution is -2.41. The molecular weight excluding hydrogens is 400 g/mol. The van der Waals surface area contributed by atoms with Crippen LogP contribution >= 0.6 is 0 Å². The number of hydrogen-bond acceptors (Lipinski definition) is 7. The molecule has 0 spiro atoms. The van der Waals surface area contributed by atoms with E-state index in [-0.39, 0.29) is 11.7 Å². The predicted molar refractivity (Wildman–Crippen MR) is 103 cm³/mol. The van der Waals surface area contributed by atoms with Crippen LogP contribution in [0.5, 0.6) is 23.0 Å². The van der Waals surface area contributed by atoms with Crippen LogP contribution in [0.25, 0.3) is 0 Å². The van der Waals surface area contributed by atoms with E-state index in [1.165, 1.54) is 19.1 Å². The van der Waals surface area contributed by atoms with Gasteiger partial charge in [-0.2, -0.15) is 4.72 Å². The van der Waals surface area contributed by atoms with Crippen LogP contribution in [-0.4, -0.2) is 40.4 Å². The summed E-state index contributed by atoms with van der Waals surface area (Å²) in [5.74, 6) is 1.45. The molecule has 154 valence electrons. The van der Waals surface area contributed by atoms with Gasteiger partial charge in [-0.25, -0.2) is 8.42 Å². The number of sulfonamides is 1. The Morgan fingerprint density at radius 1 is 0.931 bits per heavy atom. The number of benzene rings is 2. The molecule has 1 amide bonds. The second-order valence-corrected chi connectivity index (χ2v) is 8.27. The van der Waals surface area contributed by atoms with Gasteiger partial charge in [-0.1, -0.05) is 0 Å². The van der Waals surface area contributed by atoms with Crippen molar-refractivity contribution in [1.82, 2.24) is 4.72 Å². The monoisotopic (exact) mass is 420 g/mol. The molecule has 4 rings (SSSR count). The van der Waals surface area contributed by atoms with Crippen LogP contribution in [0.4, 0.5) is 5.69 Å². The Morgan fingerprint density at radius 3 is 2.41 bits per heavy atom. The summed E-state index contributed by atoms with van der Waals surface area (Å²) in [5, 5.41) is 2.66. The number of amides is 1. The maximum atomic E-state index is 12.7. The van der Waals surface area contributed by atoms with Crippen molar-refractivity contribution in [2.45, 2.75) is 24.3 Å². The van der Waals surface area contributed by atoms with Crippen molar-refractivity contribution >= 4 is 21.6 Å². The lowest BCUT2D eigenvalue weighted by molar-refractivity contribution is -0.117. The molecule has 10 heteroatoms. The van der Waals surface area contributed by atoms with Crippen LogP contribution in [0.15, 0.2) is 41.3 Å². The molecule has 0 aromatic heterocycles. The number of anilines is 1. The highest BCUT2D eigenvalue weighted by Crippen LogP contribution is 2.34. The quantitative estimate of drug-likeness (QED) is 0.760. The summed E-state index contributed by atoms with van der Waals surface area (Å²) in [6, 6.07) is 8.28. The van der Waals surface area contributed by atoms with Crippen molar-refractivity contribution in [2.75, 3.05) is 25.3 Å². The molecule has 1 atom stereocenters. The standard InChI is InChI=1S/C19H20N2O7S/c1-12(19(22)20-13-3-5-16-17(9-13)28-11-27-16)21-29(23,24)14-4-6-15-18(10-14)26-8-2-7-25-15/h3-6,9-10,12,21H,2,7-8,11H2,1H3,(H,20,22)/t12-/m0/s1. The average Bonchev–Trinajstić information content (AvgIpc) is 3.02. The van der Waals surface area contributed by atoms with Gasteiger partial charge in [0, 0.05) is 24.2 Å². The van der Waals surface area contributed by atoms with Crippen LogP contribution in [0.3, 0.4) is 0 Å². The van der Waals surface area contributed by atoms with Crippen LogP contribution in [-0.2, 0) is 14.8 Å². The van der Waals surface area contributed by atoms with Crippen molar-refractivity contribution in [3.63, 3.8) is 0 Å². The SMILES string of the molecule is C[C@H](NS(=O)(=O)c1ccc2c(c1)OCCCO2)C(=O)Nc1ccc2c(c1)OCO2. The third kappa shape index (κ3) is 4.22. The normalized spacial score (nSPS) is 16.0. The molecule has 2 aromatic carbocycles. The summed E-state index contributed by atoms with van der Waals surface area (Å²) >= 11 is 0. The Labute approximate surface area is 168 Å². The number of carbonyl (C=O) groups excluding carboxylic acids is 1. The fourth-order valence-corrected chi connectivity index (χ4v) is 4.11. The van der Waals surface area contributed by atoms with E-state index >= 15 is 0 Å². The minimum absolute atomic E-state index is 0.00974. The van der Waals surface area contributed by atoms with Gasteiger partial charge in [0.25, 0.3) is 0 Å². The third-order valence-electron chi connectivity index (χ3n) is 4.39. The van der Waals surface area contributed by atoms with Crippen LogP contribution in [0, 0.1) is 0 Å². The minimum Gasteiger partial charge on any atom is -0.490 e. The van der Waals surface area contributed by atoms with E-state index < -0.39 is 22.0 Å². The van der Waals surface area contributed by atoms with Crippen LogP contribution in [0.2, 0.25) is 0 Å². The minimum atomic E-state index is -3.94. The van der Waals surface area contributed by atoms with Gasteiger partial charge in [0.2, 0.25) is 22.7 Å². The maximum Gasteiger partial charge on any atom is 0.242 e. The molecule has 29 heavy (non-hydrogen) atoms. The highest BCUT2D eigenvalue weighted by Gasteiger charge is 2.24. The van der Waals surface area contributed by atoms with Crippen molar-refractivity contribution in [2.24, 2.45) is 0 Å². The highest BCUT2D eigenvalue weighted by molar-refractivity contribution is 7.89. The van der Waals surface area contributed by atoms with Crippen LogP contribution < -0.4 is 29.0 Å². The Kier molecular flexibility index (Phi) is 5.20. The molecule has 0 unspecified atom stereocenters. The molecule has 2 heterocycles. The zero-order chi connectivity index (χ0) is 20.4. The number of fused-ring (bicyclic) bond motifs is 2. The van der Waals surface area contributed by atoms with E-state index in [0.717, 1.165) is 0 Å². The fourth-order valence-electron chi connectivity index (χ4n) is 2.89. The largest absolute Gasteiger partial charge is 0.490 e. The van der Waals surface area contributed by atoms with Crippen molar-refractivity contribution < 1.29 is 32.2 Å². The Morgan fingerprint density at radius 2 is 1.59 bits per heavy atom. The smallest absolute Gasteiger partial charge is 0.242 e. The lowest BCUT2D eigenvalue weighted by atomic mass is 10.2. The van der Waals surface area contributed by atoms with Gasteiger partial charge in [-0.15, -0.1) is 0 Å². The topological polar surface area (TPSA) is 112 Å². The summed E-state index contributed by atoms with van der Waals surface area (Å²) in [6.07, 6.45) is 0.714. The third-order valence-corrected chi connectivity index (χ3v) is 5.93. The fraction of sp³-hybridized carbons (Fsp3) is 0.316. The molecule has 2 aliphatic heterocycles. The molecule has 2 N–H and O–H groups in total. The van der Waals surface area contributed by atoms with E-state index in [4.69, 9.17) is 18.9 Å². The Bertz CT molecular complexity index is 1040. The number of nitrogens with one attached hydrogen (secondary N) is 2. The van der Waals surface area contributed by atoms with Gasteiger partial charge in [0.05, 0.1) is 24.2 Å². The number of ether oxygens (including phenoxy) is 4. The second kappa shape index (κ2) is 7.80. The van der Waals surface area contributed by atoms with Crippen molar-refractivity contribution in [3.05, 3.63) is 36.4 Å². The zero-order valence-electron chi connectivity index (χ0n) is 15.6. The highest BCUT2D eigenvalue weighted by atomic mass is 32.2. The first kappa shape index (κ1) is 19.3. The molecule has 0 aliphatic carbocycles. The summed E-state index contributed by atoms with van der Waals surface area (Å²) < 4.78 is 49.3. The Balaban J connectivity index is 1.44. The second-order valence-electron chi connectivity index (χ2n) is 6.56. The molecular formula is C19H20N2O7S. The summed E-state index contributed by atoms with van der Waals surface area (Å²) in [4.78, 5) is 12.4. The van der Waals surface area contributed by atoms with Crippen molar-refractivity contribution in [1.29, 1.82) is 0 Å². The molecule has 0 saturated heterocycles. The first-order valence-corrected chi connectivity index (χ1v) is 10.5. The van der Waals surface area contributed by atoms with Gasteiger partial charge < -0.3 is 24.3 Å². The van der Waals surface area contributed by atoms with E-state index in [1.54, 1.807) is 24.3 Å². The number of carbonyl (C=O) groups is 1. The summed E-state index contributed by atoms with van der Waals surface area (Å²) in [7, 11) is -3.94. The molecule has 9 nitrogen and oxygen atoms in total. The van der Waals surface area contributed by atoms with Crippen LogP contribution in [0.1, 0.15) is 13.3 Å². The molecule has 0 saturated carbocycles. The molecule has 2 aromatic rings. The molecule has 0 radical (unpaired) electrons. The van der Waals surface area contributed by atoms with Gasteiger partial charge in [0.15, 0.2) is 23.0 Å². The summed E-state index contributed by atoms with van der Waals surface area (Å²) in [5.41, 5.74) is 0.473. The summed E-state index contributed by atoms with van der Waals surface area (Å²) in [6.45, 7) is 2.54. The average molecular weight is 420 g/mol. The van der Waals surface area contributed by atoms with Gasteiger partial charge >= 0.3 is 0 Å². The molecule has 0 bridgehead atoms. The lowest BCUT2D eigenvalue weighted by Gasteiger charge is -2.15. The van der Waals surface area contributed by atoms with E-state index in [1.807, 2.05) is 0 Å². The molecule has 2 aliphatic rings. The van der Waals surface area contributed by atoms with Gasteiger partial charge in [-0.05, 0) is 31.2 Å². The first-order valence-electron chi connectivity index (χ1n) is 9.05. The van der Waals surface area contributed by atoms with Crippen molar-refractivity contribution in [3.8, 4) is 23.0 Å². The van der Waals surface area contributed by atoms with Gasteiger partial charge in [0.1, 0.15) is 0 Å². The van der Waals surface area contributed by atoms with Gasteiger partial charge in [-0.3, -0.25) is 4.79 Å². The number of rotatable bonds is 5. The zero-order valence-corrected chi connectivity index (χ0v) is 16.5. The van der Waals surface area contributed by atoms with E-state index in [9.17, 15) is 13.2 Å². The first-order chi connectivity index (χ1) is 13.9. The van der Waals surface area contributed by atoms with E-state index in [0.29, 0.717) is 48.3 Å². The predicted octanol–water partition coefficient (Wildman–Crippen LogP) is 1.88. The molecule has 0 fully saturated rings. The number of hydrogen-bond donors (Lipinski definition) is 2. The van der Waals surface area contributed by atoms with E-state index in [2.05, 4.69) is 10.0 Å². The Hall–Kier alpha value is -2.98. The maximum absolute atomic E-state index is 12.7.